The standard InChI is InChI=1S/C29H39N9O5/c30-36-20-37-14-4-5-21(18-37)16-35-26(39)15-25(29(42)34-13-12-33-28(41)24-17-31-10-11-32-24)38(22-8-9-22)27(40)19-43-23-6-2-1-3-7-23/h1-3,6-7,10-11,17,20-22,25H,4-5,8-9,12-16,18-19,30H2,(H,33,41)(H,34,42)(H,35,39)/t21-,25?/m0/s1. The second-order valence-electron chi connectivity index (χ2n) is 10.6. The molecule has 2 aliphatic rings. The molecule has 1 aliphatic heterocycles. The van der Waals surface area contributed by atoms with E-state index in [2.05, 4.69) is 31.0 Å². The van der Waals surface area contributed by atoms with Crippen molar-refractivity contribution in [2.45, 2.75) is 44.2 Å². The van der Waals surface area contributed by atoms with Crippen molar-refractivity contribution in [1.29, 1.82) is 0 Å². The molecule has 14 heteroatoms. The summed E-state index contributed by atoms with van der Waals surface area (Å²) in [7, 11) is 0. The van der Waals surface area contributed by atoms with E-state index in [1.165, 1.54) is 23.5 Å². The Bertz CT molecular complexity index is 1240. The Balaban J connectivity index is 1.37. The zero-order valence-electron chi connectivity index (χ0n) is 24.1. The molecule has 2 fully saturated rings. The summed E-state index contributed by atoms with van der Waals surface area (Å²) in [5, 5.41) is 12.0. The second kappa shape index (κ2) is 16.0. The quantitative estimate of drug-likeness (QED) is 0.0719. The van der Waals surface area contributed by atoms with Crippen LogP contribution in [0.25, 0.3) is 0 Å². The fourth-order valence-corrected chi connectivity index (χ4v) is 4.99. The molecule has 4 amide bonds. The van der Waals surface area contributed by atoms with E-state index < -0.39 is 17.9 Å². The third-order valence-corrected chi connectivity index (χ3v) is 7.22. The smallest absolute Gasteiger partial charge is 0.271 e. The Hall–Kier alpha value is -4.75. The number of aromatic nitrogens is 2. The minimum absolute atomic E-state index is 0.0940. The van der Waals surface area contributed by atoms with Gasteiger partial charge in [-0.25, -0.2) is 4.98 Å². The summed E-state index contributed by atoms with van der Waals surface area (Å²) in [4.78, 5) is 63.6. The van der Waals surface area contributed by atoms with Crippen LogP contribution in [0, 0.1) is 5.92 Å². The van der Waals surface area contributed by atoms with Gasteiger partial charge in [-0.1, -0.05) is 18.2 Å². The number of carbonyl (C=O) groups is 4. The first kappa shape index (κ1) is 31.2. The van der Waals surface area contributed by atoms with Crippen LogP contribution in [0.2, 0.25) is 0 Å². The van der Waals surface area contributed by atoms with Crippen molar-refractivity contribution in [1.82, 2.24) is 35.7 Å². The summed E-state index contributed by atoms with van der Waals surface area (Å²) >= 11 is 0. The lowest BCUT2D eigenvalue weighted by molar-refractivity contribution is -0.144. The number of ether oxygens (including phenoxy) is 1. The fraction of sp³-hybridized carbons (Fsp3) is 0.483. The van der Waals surface area contributed by atoms with Crippen molar-refractivity contribution in [2.24, 2.45) is 16.9 Å². The van der Waals surface area contributed by atoms with E-state index in [1.807, 2.05) is 11.0 Å². The van der Waals surface area contributed by atoms with Crippen molar-refractivity contribution in [3.05, 3.63) is 54.6 Å². The highest BCUT2D eigenvalue weighted by molar-refractivity contribution is 5.93. The van der Waals surface area contributed by atoms with E-state index in [9.17, 15) is 19.2 Å². The summed E-state index contributed by atoms with van der Waals surface area (Å²) in [6.45, 7) is 1.96. The molecule has 0 bridgehead atoms. The molecule has 1 aliphatic carbocycles. The maximum absolute atomic E-state index is 13.5. The Morgan fingerprint density at radius 2 is 1.88 bits per heavy atom. The summed E-state index contributed by atoms with van der Waals surface area (Å²) < 4.78 is 5.68. The van der Waals surface area contributed by atoms with Gasteiger partial charge in [0.25, 0.3) is 11.8 Å². The van der Waals surface area contributed by atoms with Gasteiger partial charge in [0.2, 0.25) is 11.8 Å². The molecule has 1 unspecified atom stereocenters. The number of amides is 4. The van der Waals surface area contributed by atoms with Gasteiger partial charge in [-0.2, -0.15) is 5.10 Å². The molecular formula is C29H39N9O5. The van der Waals surface area contributed by atoms with Crippen molar-refractivity contribution in [2.75, 3.05) is 39.3 Å². The van der Waals surface area contributed by atoms with Crippen LogP contribution in [-0.4, -0.2) is 101 Å². The first-order valence-electron chi connectivity index (χ1n) is 14.5. The van der Waals surface area contributed by atoms with Crippen molar-refractivity contribution < 1.29 is 23.9 Å². The number of para-hydroxylation sites is 1. The number of nitrogens with zero attached hydrogens (tertiary/aromatic N) is 5. The molecular weight excluding hydrogens is 554 g/mol. The maximum atomic E-state index is 13.5. The number of likely N-dealkylation sites (tertiary alicyclic amines) is 1. The lowest BCUT2D eigenvalue weighted by Gasteiger charge is -2.32. The molecule has 14 nitrogen and oxygen atoms in total. The SMILES string of the molecule is NN=CN1CCC[C@@H](CNC(=O)CC(C(=O)NCCNC(=O)c2cnccn2)N(C(=O)COc2ccccc2)C2CC2)C1. The predicted molar refractivity (Wildman–Crippen MR) is 158 cm³/mol. The maximum Gasteiger partial charge on any atom is 0.271 e. The monoisotopic (exact) mass is 593 g/mol. The minimum Gasteiger partial charge on any atom is -0.484 e. The summed E-state index contributed by atoms with van der Waals surface area (Å²) in [5.41, 5.74) is 0.156. The van der Waals surface area contributed by atoms with Crippen LogP contribution in [0.5, 0.6) is 5.75 Å². The highest BCUT2D eigenvalue weighted by Gasteiger charge is 2.41. The molecule has 1 aromatic carbocycles. The molecule has 1 aromatic heterocycles. The largest absolute Gasteiger partial charge is 0.484 e. The van der Waals surface area contributed by atoms with Crippen molar-refractivity contribution in [3.8, 4) is 5.75 Å². The van der Waals surface area contributed by atoms with Gasteiger partial charge in [0.05, 0.1) is 12.6 Å². The Morgan fingerprint density at radius 3 is 2.60 bits per heavy atom. The van der Waals surface area contributed by atoms with E-state index in [1.54, 1.807) is 30.6 Å². The molecule has 1 saturated heterocycles. The molecule has 43 heavy (non-hydrogen) atoms. The number of hydrazone groups is 1. The Morgan fingerprint density at radius 1 is 1.09 bits per heavy atom. The molecule has 5 N–H and O–H groups in total. The van der Waals surface area contributed by atoms with Crippen molar-refractivity contribution >= 4 is 30.0 Å². The number of nitrogens with one attached hydrogen (secondary N) is 3. The Kier molecular flexibility index (Phi) is 11.6. The molecule has 2 aromatic rings. The first-order valence-corrected chi connectivity index (χ1v) is 14.5. The number of benzene rings is 1. The van der Waals surface area contributed by atoms with Crippen LogP contribution < -0.4 is 26.5 Å². The van der Waals surface area contributed by atoms with Crippen LogP contribution in [0.1, 0.15) is 42.6 Å². The average Bonchev–Trinajstić information content (AvgIpc) is 3.87. The number of hydrogen-bond donors (Lipinski definition) is 4. The lowest BCUT2D eigenvalue weighted by atomic mass is 9.98. The van der Waals surface area contributed by atoms with Crippen LogP contribution in [0.4, 0.5) is 0 Å². The van der Waals surface area contributed by atoms with E-state index in [4.69, 9.17) is 10.6 Å². The molecule has 0 radical (unpaired) electrons. The molecule has 0 spiro atoms. The normalized spacial score (nSPS) is 17.1. The third-order valence-electron chi connectivity index (χ3n) is 7.22. The number of hydrogen-bond acceptors (Lipinski definition) is 9. The van der Waals surface area contributed by atoms with E-state index >= 15 is 0 Å². The highest BCUT2D eigenvalue weighted by Crippen LogP contribution is 2.30. The number of piperidine rings is 1. The molecule has 4 rings (SSSR count). The third kappa shape index (κ3) is 9.94. The number of carbonyl (C=O) groups excluding carboxylic acids is 4. The van der Waals surface area contributed by atoms with E-state index in [0.717, 1.165) is 32.2 Å². The molecule has 2 atom stereocenters. The Labute approximate surface area is 250 Å². The van der Waals surface area contributed by atoms with Gasteiger partial charge in [-0.15, -0.1) is 0 Å². The molecule has 2 heterocycles. The minimum atomic E-state index is -1.04. The van der Waals surface area contributed by atoms with E-state index in [-0.39, 0.29) is 55.6 Å². The van der Waals surface area contributed by atoms with Gasteiger partial charge < -0.3 is 36.3 Å². The zero-order chi connectivity index (χ0) is 30.4. The van der Waals surface area contributed by atoms with Gasteiger partial charge in [0.15, 0.2) is 6.61 Å². The average molecular weight is 594 g/mol. The number of nitrogens with two attached hydrogens (primary N) is 1. The lowest BCUT2D eigenvalue weighted by Crippen LogP contribution is -2.54. The van der Waals surface area contributed by atoms with Crippen LogP contribution >= 0.6 is 0 Å². The predicted octanol–water partition coefficient (Wildman–Crippen LogP) is -0.118. The van der Waals surface area contributed by atoms with Crippen molar-refractivity contribution in [3.63, 3.8) is 0 Å². The second-order valence-corrected chi connectivity index (χ2v) is 10.6. The first-order chi connectivity index (χ1) is 20.9. The summed E-state index contributed by atoms with van der Waals surface area (Å²) in [5.74, 6) is 4.42. The van der Waals surface area contributed by atoms with Gasteiger partial charge in [0.1, 0.15) is 23.8 Å². The van der Waals surface area contributed by atoms with Gasteiger partial charge in [-0.05, 0) is 43.7 Å². The van der Waals surface area contributed by atoms with Crippen LogP contribution in [0.15, 0.2) is 54.0 Å². The van der Waals surface area contributed by atoms with Gasteiger partial charge in [0, 0.05) is 51.2 Å². The number of rotatable bonds is 15. The topological polar surface area (TPSA) is 184 Å². The van der Waals surface area contributed by atoms with Gasteiger partial charge >= 0.3 is 0 Å². The summed E-state index contributed by atoms with van der Waals surface area (Å²) in [6, 6.07) is 7.74. The molecule has 230 valence electrons. The van der Waals surface area contributed by atoms with Crippen LogP contribution in [-0.2, 0) is 14.4 Å². The highest BCUT2D eigenvalue weighted by atomic mass is 16.5. The zero-order valence-corrected chi connectivity index (χ0v) is 24.1. The van der Waals surface area contributed by atoms with E-state index in [0.29, 0.717) is 18.8 Å². The van der Waals surface area contributed by atoms with Gasteiger partial charge in [-0.3, -0.25) is 24.2 Å². The fourth-order valence-electron chi connectivity index (χ4n) is 4.99. The van der Waals surface area contributed by atoms with Crippen LogP contribution in [0.3, 0.4) is 0 Å². The molecule has 1 saturated carbocycles. The summed E-state index contributed by atoms with van der Waals surface area (Å²) in [6.07, 6.45) is 8.98.